The van der Waals surface area contributed by atoms with Crippen LogP contribution in [0.3, 0.4) is 0 Å². The predicted molar refractivity (Wildman–Crippen MR) is 166 cm³/mol. The number of aliphatic carboxylic acids is 2. The van der Waals surface area contributed by atoms with Gasteiger partial charge in [-0.25, -0.2) is 17.6 Å². The van der Waals surface area contributed by atoms with Crippen molar-refractivity contribution in [2.75, 3.05) is 0 Å². The van der Waals surface area contributed by atoms with Crippen LogP contribution in [-0.2, 0) is 23.7 Å². The first kappa shape index (κ1) is 99.8. The molecule has 0 aliphatic heterocycles. The van der Waals surface area contributed by atoms with E-state index in [2.05, 4.69) is 13.8 Å². The Bertz CT molecular complexity index is 1010. The van der Waals surface area contributed by atoms with E-state index in [1.807, 2.05) is 0 Å². The summed E-state index contributed by atoms with van der Waals surface area (Å²) in [6, 6.07) is -5.99. The predicted octanol–water partition coefficient (Wildman–Crippen LogP) is 1.49. The van der Waals surface area contributed by atoms with E-state index in [-0.39, 0.29) is 114 Å². The summed E-state index contributed by atoms with van der Waals surface area (Å²) in [5.74, 6) is -5.49. The van der Waals surface area contributed by atoms with Crippen molar-refractivity contribution in [2.45, 2.75) is 149 Å². The molecule has 0 aromatic carbocycles. The third-order valence-corrected chi connectivity index (χ3v) is 5.37. The average Bonchev–Trinajstić information content (AvgIpc) is 3.02. The van der Waals surface area contributed by atoms with Gasteiger partial charge in [0.25, 0.3) is 17.4 Å². The summed E-state index contributed by atoms with van der Waals surface area (Å²) in [6.07, 6.45) is -25.6. The average molecular weight is 1020 g/mol. The van der Waals surface area contributed by atoms with Gasteiger partial charge in [0.2, 0.25) is 11.3 Å². The Morgan fingerprint density at radius 3 is 0.597 bits per heavy atom. The van der Waals surface area contributed by atoms with Gasteiger partial charge in [-0.3, -0.25) is 18.9 Å². The Morgan fingerprint density at radius 1 is 0.452 bits per heavy atom. The molecule has 0 fully saturated rings. The van der Waals surface area contributed by atoms with E-state index in [1.165, 1.54) is 6.42 Å². The van der Waals surface area contributed by atoms with Gasteiger partial charge in [0, 0.05) is 0 Å². The van der Waals surface area contributed by atoms with Gasteiger partial charge >= 0.3 is 125 Å². The summed E-state index contributed by atoms with van der Waals surface area (Å²) in [5.41, 5.74) is -17.1. The minimum Gasteiger partial charge on any atom is -0.870 e. The second-order valence-corrected chi connectivity index (χ2v) is 9.34. The molecule has 0 aliphatic rings. The van der Waals surface area contributed by atoms with Crippen LogP contribution in [0.2, 0.25) is 0 Å². The molecule has 0 aromatic rings. The van der Waals surface area contributed by atoms with Gasteiger partial charge in [0.15, 0.2) is 0 Å². The smallest absolute Gasteiger partial charge is 0.870 e. The van der Waals surface area contributed by atoms with Crippen LogP contribution in [0.1, 0.15) is 102 Å². The van der Waals surface area contributed by atoms with E-state index in [1.54, 1.807) is 16.0 Å². The van der Waals surface area contributed by atoms with Crippen molar-refractivity contribution >= 4 is 33.1 Å². The van der Waals surface area contributed by atoms with Crippen molar-refractivity contribution in [3.05, 3.63) is 12.2 Å². The maximum atomic E-state index is 12.4. The molecule has 62 heavy (non-hydrogen) atoms. The Hall–Kier alpha value is -0.390. The monoisotopic (exact) mass is 1020 g/mol. The Morgan fingerprint density at radius 2 is 0.597 bits per heavy atom. The van der Waals surface area contributed by atoms with Crippen LogP contribution in [0, 0.1) is 0 Å². The van der Waals surface area contributed by atoms with Crippen LogP contribution < -0.4 is 98.9 Å². The number of halogens is 21. The van der Waals surface area contributed by atoms with Crippen LogP contribution in [0.15, 0.2) is 12.2 Å². The Balaban J connectivity index is -0.0000000370. The molecule has 0 heterocycles. The van der Waals surface area contributed by atoms with Crippen LogP contribution in [0.5, 0.6) is 0 Å². The largest absolute Gasteiger partial charge is 1.00 e. The summed E-state index contributed by atoms with van der Waals surface area (Å²) in [7, 11) is 1.72. The molecule has 1 N–H and O–H groups in total. The van der Waals surface area contributed by atoms with Crippen molar-refractivity contribution in [3.8, 4) is 0 Å². The molecule has 364 valence electrons. The SMILES string of the molecule is C.C.CCC.CCC(F)(C(=O)F)C(F)(F)F.CCC(F)(C(=O)F)C(F)(F)F.CCC(F)(C(=O)[O-])C(F)(F)F.CCC(F)(C(=O)[O-])C(F)(F)F.CCC=C(F)F.F.O=P.[Na+].[Na+].[Na+].[OH-]. The van der Waals surface area contributed by atoms with E-state index < -0.39 is 103 Å². The molecule has 4 unspecified atom stereocenters. The minimum atomic E-state index is -5.46. The standard InChI is InChI=1S/2C5H5F5O.2C5H6F4O2.C4H6F2.C3H8.2CH4.FH.3Na.HOP.H2O/c2*1-2-4(7,3(6)11)5(8,9)10;2*1-2-4(6,3(10)11)5(7,8)9;1-2-3-4(5)6;1-3-2;;;;;;;1-2;/h2*2H2,1H3;2*2H2,1H3,(H,10,11);3H,2H2,1H3;3H2,1-2H3;2*1H4;1H;;;;2H;1H2/q;;;;;;;;;3*+1;;/p-3. The zero-order valence-electron chi connectivity index (χ0n) is 33.1. The zero-order valence-corrected chi connectivity index (χ0v) is 40.1. The number of rotatable bonds is 9. The van der Waals surface area contributed by atoms with E-state index in [9.17, 15) is 117 Å². The maximum Gasteiger partial charge on any atom is 1.00 e. The Labute approximate surface area is 412 Å². The van der Waals surface area contributed by atoms with Gasteiger partial charge in [-0.05, 0) is 38.2 Å². The molecular formula is C29H45F21Na3O8P. The fourth-order valence-electron chi connectivity index (χ4n) is 1.98. The third kappa shape index (κ3) is 36.8. The Kier molecular flexibility index (Phi) is 71.6. The molecule has 0 aromatic heterocycles. The minimum absolute atomic E-state index is 0. The molecule has 8 nitrogen and oxygen atoms in total. The number of alkyl halides is 16. The van der Waals surface area contributed by atoms with Crippen LogP contribution >= 0.6 is 9.12 Å². The van der Waals surface area contributed by atoms with Crippen LogP contribution in [0.25, 0.3) is 0 Å². The van der Waals surface area contributed by atoms with Gasteiger partial charge in [-0.2, -0.15) is 70.2 Å². The van der Waals surface area contributed by atoms with Gasteiger partial charge < -0.3 is 25.3 Å². The van der Waals surface area contributed by atoms with Crippen molar-refractivity contribution in [1.82, 2.24) is 0 Å². The maximum absolute atomic E-state index is 12.4. The molecule has 33 heteroatoms. The molecule has 0 aliphatic carbocycles. The molecule has 0 amide bonds. The van der Waals surface area contributed by atoms with Crippen molar-refractivity contribution in [2.24, 2.45) is 0 Å². The molecule has 4 atom stereocenters. The van der Waals surface area contributed by atoms with Crippen LogP contribution in [0.4, 0.5) is 92.5 Å². The van der Waals surface area contributed by atoms with Crippen molar-refractivity contribution in [3.63, 3.8) is 0 Å². The molecule has 0 saturated carbocycles. The normalized spacial score (nSPS) is 13.6. The fourth-order valence-corrected chi connectivity index (χ4v) is 1.98. The van der Waals surface area contributed by atoms with Crippen molar-refractivity contribution < 1.29 is 221 Å². The van der Waals surface area contributed by atoms with Crippen LogP contribution in [-0.4, -0.2) is 76.9 Å². The van der Waals surface area contributed by atoms with E-state index >= 15 is 0 Å². The summed E-state index contributed by atoms with van der Waals surface area (Å²) < 4.78 is 241. The second-order valence-electron chi connectivity index (χ2n) is 9.34. The van der Waals surface area contributed by atoms with E-state index in [0.29, 0.717) is 6.42 Å². The molecular weight excluding hydrogens is 975 g/mol. The first-order valence-electron chi connectivity index (χ1n) is 14.3. The van der Waals surface area contributed by atoms with Crippen molar-refractivity contribution in [1.29, 1.82) is 0 Å². The number of hydrogen-bond donors (Lipinski definition) is 0. The summed E-state index contributed by atoms with van der Waals surface area (Å²) in [5, 5.41) is 19.4. The number of carbonyl (C=O) groups is 4. The quantitative estimate of drug-likeness (QED) is 0.146. The first-order valence-corrected chi connectivity index (χ1v) is 14.7. The number of carboxylic acid groups (broad SMARTS) is 2. The molecule has 0 radical (unpaired) electrons. The number of hydrogen-bond acceptors (Lipinski definition) is 8. The third-order valence-electron chi connectivity index (χ3n) is 5.37. The number of carboxylic acids is 2. The second kappa shape index (κ2) is 44.4. The molecule has 0 rings (SSSR count). The molecule has 0 saturated heterocycles. The van der Waals surface area contributed by atoms with Gasteiger partial charge in [-0.15, -0.1) is 0 Å². The number of allylic oxidation sites excluding steroid dienone is 1. The summed E-state index contributed by atoms with van der Waals surface area (Å²) >= 11 is 0. The van der Waals surface area contributed by atoms with Gasteiger partial charge in [-0.1, -0.05) is 69.7 Å². The summed E-state index contributed by atoms with van der Waals surface area (Å²) in [6.45, 7) is 8.96. The topological polar surface area (TPSA) is 161 Å². The fraction of sp³-hybridized carbons (Fsp3) is 0.793. The van der Waals surface area contributed by atoms with Gasteiger partial charge in [0.05, 0.1) is 11.9 Å². The number of carbonyl (C=O) groups excluding carboxylic acids is 4. The van der Waals surface area contributed by atoms with E-state index in [4.69, 9.17) is 4.57 Å². The van der Waals surface area contributed by atoms with Gasteiger partial charge in [0.1, 0.15) is 9.12 Å². The summed E-state index contributed by atoms with van der Waals surface area (Å²) in [4.78, 5) is 38.5. The molecule has 0 spiro atoms. The zero-order chi connectivity index (χ0) is 46.8. The van der Waals surface area contributed by atoms with E-state index in [0.717, 1.165) is 33.8 Å². The first-order chi connectivity index (χ1) is 24.2. The molecule has 0 bridgehead atoms.